The molecule has 0 aromatic heterocycles. The molecule has 4 aliphatic rings. The zero-order valence-electron chi connectivity index (χ0n) is 13.0. The molecule has 0 amide bonds. The van der Waals surface area contributed by atoms with E-state index in [9.17, 15) is 9.59 Å². The van der Waals surface area contributed by atoms with Crippen LogP contribution in [-0.2, 0) is 9.59 Å². The number of carbonyl (C=O) groups excluding carboxylic acids is 2. The van der Waals surface area contributed by atoms with Crippen molar-refractivity contribution in [1.29, 1.82) is 0 Å². The van der Waals surface area contributed by atoms with Crippen LogP contribution in [-0.4, -0.2) is 11.6 Å². The number of allylic oxidation sites excluding steroid dienone is 4. The van der Waals surface area contributed by atoms with Crippen molar-refractivity contribution in [3.8, 4) is 0 Å². The van der Waals surface area contributed by atoms with Gasteiger partial charge < -0.3 is 0 Å². The molecule has 2 nitrogen and oxygen atoms in total. The molecule has 21 heavy (non-hydrogen) atoms. The van der Waals surface area contributed by atoms with E-state index < -0.39 is 0 Å². The Hall–Kier alpha value is -1.18. The van der Waals surface area contributed by atoms with Crippen LogP contribution in [0, 0.1) is 28.6 Å². The quantitative estimate of drug-likeness (QED) is 0.677. The fourth-order valence-electron chi connectivity index (χ4n) is 5.82. The minimum Gasteiger partial charge on any atom is -0.299 e. The van der Waals surface area contributed by atoms with Gasteiger partial charge in [0, 0.05) is 17.8 Å². The lowest BCUT2D eigenvalue weighted by Gasteiger charge is -2.54. The second kappa shape index (κ2) is 4.18. The Labute approximate surface area is 126 Å². The van der Waals surface area contributed by atoms with Crippen LogP contribution in [0.25, 0.3) is 0 Å². The summed E-state index contributed by atoms with van der Waals surface area (Å²) < 4.78 is 0. The van der Waals surface area contributed by atoms with Crippen LogP contribution in [0.15, 0.2) is 23.8 Å². The van der Waals surface area contributed by atoms with E-state index in [4.69, 9.17) is 0 Å². The topological polar surface area (TPSA) is 34.1 Å². The van der Waals surface area contributed by atoms with Gasteiger partial charge >= 0.3 is 0 Å². The predicted octanol–water partition coefficient (Wildman–Crippen LogP) is 3.86. The van der Waals surface area contributed by atoms with Gasteiger partial charge in [-0.25, -0.2) is 0 Å². The summed E-state index contributed by atoms with van der Waals surface area (Å²) in [6.07, 6.45) is 12.2. The minimum atomic E-state index is -0.219. The molecular formula is C19H24O2. The van der Waals surface area contributed by atoms with E-state index in [1.807, 2.05) is 6.08 Å². The molecule has 0 heterocycles. The molecule has 0 bridgehead atoms. The highest BCUT2D eigenvalue weighted by molar-refractivity contribution is 5.97. The number of Topliss-reactive ketones (excluding diaryl/α,β-unsaturated/α-hetero) is 1. The third kappa shape index (κ3) is 1.59. The zero-order chi connectivity index (χ0) is 14.8. The molecule has 0 radical (unpaired) electrons. The molecule has 4 aliphatic carbocycles. The van der Waals surface area contributed by atoms with E-state index >= 15 is 0 Å². The Kier molecular flexibility index (Phi) is 2.68. The van der Waals surface area contributed by atoms with Gasteiger partial charge in [0.25, 0.3) is 0 Å². The first-order valence-electron chi connectivity index (χ1n) is 8.43. The molecule has 0 spiro atoms. The lowest BCUT2D eigenvalue weighted by molar-refractivity contribution is -0.138. The molecule has 4 rings (SSSR count). The summed E-state index contributed by atoms with van der Waals surface area (Å²) >= 11 is 0. The summed E-state index contributed by atoms with van der Waals surface area (Å²) in [6, 6.07) is 0. The maximum Gasteiger partial charge on any atom is 0.159 e. The summed E-state index contributed by atoms with van der Waals surface area (Å²) in [5.74, 6) is 1.53. The molecule has 0 saturated heterocycles. The average molecular weight is 284 g/mol. The van der Waals surface area contributed by atoms with Crippen molar-refractivity contribution in [3.63, 3.8) is 0 Å². The normalized spacial score (nSPS) is 48.5. The summed E-state index contributed by atoms with van der Waals surface area (Å²) in [5.41, 5.74) is 1.18. The lowest BCUT2D eigenvalue weighted by atomic mass is 9.48. The SMILES string of the molecule is CC12CC[C@H]3[C@@H](C(=O)C=C4C=CCC[C@@]43C)[C@@H]1CCC2=O. The highest BCUT2D eigenvalue weighted by Gasteiger charge is 2.60. The first-order chi connectivity index (χ1) is 9.97. The summed E-state index contributed by atoms with van der Waals surface area (Å²) in [7, 11) is 0. The Morgan fingerprint density at radius 2 is 1.81 bits per heavy atom. The van der Waals surface area contributed by atoms with E-state index in [1.54, 1.807) is 0 Å². The third-order valence-electron chi connectivity index (χ3n) is 7.21. The third-order valence-corrected chi connectivity index (χ3v) is 7.21. The number of ketones is 2. The maximum atomic E-state index is 12.8. The molecule has 1 unspecified atom stereocenters. The molecular weight excluding hydrogens is 260 g/mol. The Morgan fingerprint density at radius 1 is 1.05 bits per heavy atom. The zero-order valence-corrected chi connectivity index (χ0v) is 13.0. The van der Waals surface area contributed by atoms with Crippen molar-refractivity contribution >= 4 is 11.6 Å². The van der Waals surface area contributed by atoms with Gasteiger partial charge in [0.2, 0.25) is 0 Å². The van der Waals surface area contributed by atoms with Crippen LogP contribution < -0.4 is 0 Å². The number of fused-ring (bicyclic) bond motifs is 5. The molecule has 2 saturated carbocycles. The highest BCUT2D eigenvalue weighted by atomic mass is 16.1. The first kappa shape index (κ1) is 13.5. The van der Waals surface area contributed by atoms with Gasteiger partial charge in [0.1, 0.15) is 5.78 Å². The summed E-state index contributed by atoms with van der Waals surface area (Å²) in [5, 5.41) is 0. The van der Waals surface area contributed by atoms with E-state index in [2.05, 4.69) is 26.0 Å². The van der Waals surface area contributed by atoms with E-state index in [0.29, 0.717) is 23.9 Å². The van der Waals surface area contributed by atoms with Gasteiger partial charge in [-0.2, -0.15) is 0 Å². The molecule has 5 atom stereocenters. The van der Waals surface area contributed by atoms with E-state index in [-0.39, 0.29) is 22.7 Å². The minimum absolute atomic E-state index is 0.0930. The second-order valence-electron chi connectivity index (χ2n) is 8.02. The molecule has 0 aliphatic heterocycles. The molecule has 0 N–H and O–H groups in total. The second-order valence-corrected chi connectivity index (χ2v) is 8.02. The van der Waals surface area contributed by atoms with Gasteiger partial charge in [0.05, 0.1) is 0 Å². The Balaban J connectivity index is 1.81. The van der Waals surface area contributed by atoms with Crippen LogP contribution in [0.2, 0.25) is 0 Å². The van der Waals surface area contributed by atoms with Crippen molar-refractivity contribution in [2.45, 2.75) is 52.4 Å². The lowest BCUT2D eigenvalue weighted by Crippen LogP contribution is -2.52. The van der Waals surface area contributed by atoms with Gasteiger partial charge in [-0.15, -0.1) is 0 Å². The standard InChI is InChI=1S/C19H24O2/c1-18-9-4-3-5-12(18)11-15(20)17-13-6-7-16(21)19(13,2)10-8-14(17)18/h3,5,11,13-14,17H,4,6-10H2,1-2H3/t13-,14-,17-,18-,19?/m0/s1. The van der Waals surface area contributed by atoms with Gasteiger partial charge in [0.15, 0.2) is 5.78 Å². The fraction of sp³-hybridized carbons (Fsp3) is 0.684. The average Bonchev–Trinajstić information content (AvgIpc) is 2.76. The summed E-state index contributed by atoms with van der Waals surface area (Å²) in [6.45, 7) is 4.48. The molecule has 2 fully saturated rings. The van der Waals surface area contributed by atoms with Crippen molar-refractivity contribution in [1.82, 2.24) is 0 Å². The number of carbonyl (C=O) groups is 2. The largest absolute Gasteiger partial charge is 0.299 e. The number of rotatable bonds is 0. The number of hydrogen-bond donors (Lipinski definition) is 0. The predicted molar refractivity (Wildman–Crippen MR) is 81.6 cm³/mol. The summed E-state index contributed by atoms with van der Waals surface area (Å²) in [4.78, 5) is 25.1. The Bertz CT molecular complexity index is 584. The van der Waals surface area contributed by atoms with Crippen molar-refractivity contribution in [2.75, 3.05) is 0 Å². The van der Waals surface area contributed by atoms with Crippen LogP contribution in [0.3, 0.4) is 0 Å². The van der Waals surface area contributed by atoms with Crippen LogP contribution >= 0.6 is 0 Å². The van der Waals surface area contributed by atoms with E-state index in [1.165, 1.54) is 5.57 Å². The van der Waals surface area contributed by atoms with Crippen LogP contribution in [0.5, 0.6) is 0 Å². The van der Waals surface area contributed by atoms with Crippen molar-refractivity contribution in [3.05, 3.63) is 23.8 Å². The maximum absolute atomic E-state index is 12.8. The number of hydrogen-bond acceptors (Lipinski definition) is 2. The molecule has 0 aromatic carbocycles. The van der Waals surface area contributed by atoms with Gasteiger partial charge in [-0.05, 0) is 61.0 Å². The van der Waals surface area contributed by atoms with Crippen LogP contribution in [0.1, 0.15) is 52.4 Å². The monoisotopic (exact) mass is 284 g/mol. The molecule has 0 aromatic rings. The fourth-order valence-corrected chi connectivity index (χ4v) is 5.82. The van der Waals surface area contributed by atoms with Gasteiger partial charge in [-0.3, -0.25) is 9.59 Å². The highest BCUT2D eigenvalue weighted by Crippen LogP contribution is 2.62. The van der Waals surface area contributed by atoms with Crippen LogP contribution in [0.4, 0.5) is 0 Å². The smallest absolute Gasteiger partial charge is 0.159 e. The van der Waals surface area contributed by atoms with Crippen molar-refractivity contribution < 1.29 is 9.59 Å². The van der Waals surface area contributed by atoms with Crippen molar-refractivity contribution in [2.24, 2.45) is 28.6 Å². The first-order valence-corrected chi connectivity index (χ1v) is 8.43. The Morgan fingerprint density at radius 3 is 2.62 bits per heavy atom. The van der Waals surface area contributed by atoms with Gasteiger partial charge in [-0.1, -0.05) is 26.0 Å². The van der Waals surface area contributed by atoms with E-state index in [0.717, 1.165) is 32.1 Å². The molecule has 112 valence electrons. The molecule has 2 heteroatoms.